The van der Waals surface area contributed by atoms with E-state index in [9.17, 15) is 15.0 Å². The minimum Gasteiger partial charge on any atom is -0.506 e. The molecule has 2 aliphatic carbocycles. The van der Waals surface area contributed by atoms with Crippen LogP contribution in [0.1, 0.15) is 36.8 Å². The predicted molar refractivity (Wildman–Crippen MR) is 106 cm³/mol. The molecule has 2 fully saturated rings. The molecule has 2 aliphatic rings. The van der Waals surface area contributed by atoms with Gasteiger partial charge in [-0.2, -0.15) is 0 Å². The van der Waals surface area contributed by atoms with Crippen molar-refractivity contribution in [2.75, 3.05) is 14.2 Å². The summed E-state index contributed by atoms with van der Waals surface area (Å²) in [6, 6.07) is 6.37. The highest BCUT2D eigenvalue weighted by Crippen LogP contribution is 2.64. The second-order valence-electron chi connectivity index (χ2n) is 7.50. The lowest BCUT2D eigenvalue weighted by atomic mass is 9.78. The van der Waals surface area contributed by atoms with Crippen molar-refractivity contribution in [2.45, 2.75) is 36.5 Å². The standard InChI is InChI=1S/C21H20Cl2O5/c1-27-11-7-13(17(24)15(22)9-11)20(3-4-20)19(26)21(5-6-21)14-8-12(28-2)10-16(23)18(14)25/h7-10,24-25H,3-6H2,1-2H3. The summed E-state index contributed by atoms with van der Waals surface area (Å²) in [6.07, 6.45) is 2.40. The van der Waals surface area contributed by atoms with E-state index >= 15 is 0 Å². The third kappa shape index (κ3) is 2.72. The van der Waals surface area contributed by atoms with Crippen molar-refractivity contribution in [3.8, 4) is 23.0 Å². The van der Waals surface area contributed by atoms with Crippen LogP contribution in [0, 0.1) is 0 Å². The molecule has 0 amide bonds. The molecule has 0 aliphatic heterocycles. The van der Waals surface area contributed by atoms with Crippen molar-refractivity contribution in [1.82, 2.24) is 0 Å². The summed E-state index contributed by atoms with van der Waals surface area (Å²) in [6.45, 7) is 0. The van der Waals surface area contributed by atoms with Gasteiger partial charge in [-0.1, -0.05) is 23.2 Å². The van der Waals surface area contributed by atoms with Crippen LogP contribution in [0.25, 0.3) is 0 Å². The summed E-state index contributed by atoms with van der Waals surface area (Å²) >= 11 is 12.3. The number of benzene rings is 2. The third-order valence-corrected chi connectivity index (χ3v) is 6.52. The van der Waals surface area contributed by atoms with Crippen molar-refractivity contribution in [3.63, 3.8) is 0 Å². The number of aromatic hydroxyl groups is 2. The Bertz CT molecular complexity index is 900. The van der Waals surface area contributed by atoms with Gasteiger partial charge in [0, 0.05) is 23.3 Å². The van der Waals surface area contributed by atoms with E-state index in [1.807, 2.05) is 0 Å². The summed E-state index contributed by atoms with van der Waals surface area (Å²) in [7, 11) is 3.01. The van der Waals surface area contributed by atoms with Crippen LogP contribution in [0.3, 0.4) is 0 Å². The van der Waals surface area contributed by atoms with Crippen LogP contribution in [-0.4, -0.2) is 30.2 Å². The van der Waals surface area contributed by atoms with Gasteiger partial charge in [0.1, 0.15) is 23.0 Å². The van der Waals surface area contributed by atoms with Crippen molar-refractivity contribution in [3.05, 3.63) is 45.4 Å². The summed E-state index contributed by atoms with van der Waals surface area (Å²) in [5, 5.41) is 21.4. The van der Waals surface area contributed by atoms with E-state index in [2.05, 4.69) is 0 Å². The highest BCUT2D eigenvalue weighted by molar-refractivity contribution is 6.33. The molecule has 0 spiro atoms. The van der Waals surface area contributed by atoms with Gasteiger partial charge in [0.15, 0.2) is 5.78 Å². The van der Waals surface area contributed by atoms with E-state index in [0.717, 1.165) is 0 Å². The van der Waals surface area contributed by atoms with Crippen LogP contribution >= 0.6 is 23.2 Å². The van der Waals surface area contributed by atoms with Gasteiger partial charge >= 0.3 is 0 Å². The quantitative estimate of drug-likeness (QED) is 0.701. The lowest BCUT2D eigenvalue weighted by Crippen LogP contribution is -2.33. The van der Waals surface area contributed by atoms with Gasteiger partial charge in [-0.05, 0) is 37.8 Å². The zero-order valence-corrected chi connectivity index (χ0v) is 17.0. The number of ketones is 1. The molecule has 2 saturated carbocycles. The number of phenolic OH excluding ortho intramolecular Hbond substituents is 2. The number of methoxy groups -OCH3 is 2. The third-order valence-electron chi connectivity index (χ3n) is 5.95. The Labute approximate surface area is 172 Å². The maximum absolute atomic E-state index is 13.7. The summed E-state index contributed by atoms with van der Waals surface area (Å²) < 4.78 is 10.5. The van der Waals surface area contributed by atoms with Gasteiger partial charge in [-0.15, -0.1) is 0 Å². The van der Waals surface area contributed by atoms with E-state index in [-0.39, 0.29) is 27.3 Å². The highest BCUT2D eigenvalue weighted by Gasteiger charge is 2.64. The molecular formula is C21H20Cl2O5. The van der Waals surface area contributed by atoms with Crippen molar-refractivity contribution >= 4 is 29.0 Å². The van der Waals surface area contributed by atoms with Gasteiger partial charge in [-0.25, -0.2) is 0 Å². The van der Waals surface area contributed by atoms with E-state index in [1.165, 1.54) is 26.4 Å². The minimum absolute atomic E-state index is 0.0424. The number of hydrogen-bond donors (Lipinski definition) is 2. The van der Waals surface area contributed by atoms with E-state index in [0.29, 0.717) is 48.3 Å². The molecule has 7 heteroatoms. The van der Waals surface area contributed by atoms with Gasteiger partial charge in [0.05, 0.1) is 35.1 Å². The first kappa shape index (κ1) is 19.2. The molecule has 0 saturated heterocycles. The smallest absolute Gasteiger partial charge is 0.154 e. The summed E-state index contributed by atoms with van der Waals surface area (Å²) in [5.41, 5.74) is -0.746. The number of carbonyl (C=O) groups excluding carboxylic acids is 1. The topological polar surface area (TPSA) is 76.0 Å². The van der Waals surface area contributed by atoms with Crippen LogP contribution in [0.2, 0.25) is 10.0 Å². The first-order valence-corrected chi connectivity index (χ1v) is 9.73. The van der Waals surface area contributed by atoms with Crippen LogP contribution in [0.4, 0.5) is 0 Å². The van der Waals surface area contributed by atoms with Gasteiger partial charge in [0.25, 0.3) is 0 Å². The number of halogens is 2. The Kier molecular flexibility index (Phi) is 4.43. The number of hydrogen-bond acceptors (Lipinski definition) is 5. The van der Waals surface area contributed by atoms with Crippen molar-refractivity contribution in [1.29, 1.82) is 0 Å². The molecule has 0 heterocycles. The van der Waals surface area contributed by atoms with E-state index in [4.69, 9.17) is 32.7 Å². The van der Waals surface area contributed by atoms with E-state index < -0.39 is 10.8 Å². The van der Waals surface area contributed by atoms with Crippen molar-refractivity contribution in [2.24, 2.45) is 0 Å². The highest BCUT2D eigenvalue weighted by atomic mass is 35.5. The maximum Gasteiger partial charge on any atom is 0.154 e. The molecule has 0 aromatic heterocycles. The van der Waals surface area contributed by atoms with Crippen LogP contribution < -0.4 is 9.47 Å². The normalized spacial score (nSPS) is 18.4. The number of Topliss-reactive ketones (excluding diaryl/α,β-unsaturated/α-hetero) is 1. The number of phenols is 2. The first-order valence-electron chi connectivity index (χ1n) is 8.98. The second kappa shape index (κ2) is 6.46. The zero-order chi connectivity index (χ0) is 20.3. The van der Waals surface area contributed by atoms with E-state index in [1.54, 1.807) is 12.1 Å². The molecule has 0 atom stereocenters. The van der Waals surface area contributed by atoms with Crippen LogP contribution in [0.5, 0.6) is 23.0 Å². The Morgan fingerprint density at radius 3 is 1.46 bits per heavy atom. The molecule has 4 rings (SSSR count). The number of carbonyl (C=O) groups is 1. The second-order valence-corrected chi connectivity index (χ2v) is 8.32. The lowest BCUT2D eigenvalue weighted by Gasteiger charge is -2.25. The fraction of sp³-hybridized carbons (Fsp3) is 0.381. The average molecular weight is 423 g/mol. The molecule has 148 valence electrons. The minimum atomic E-state index is -0.846. The number of rotatable bonds is 6. The molecular weight excluding hydrogens is 403 g/mol. The SMILES string of the molecule is COc1cc(Cl)c(O)c(C2(C(=O)C3(c4cc(OC)cc(Cl)c4O)CC3)CC2)c1. The Morgan fingerprint density at radius 1 is 0.821 bits per heavy atom. The largest absolute Gasteiger partial charge is 0.506 e. The number of ether oxygens (including phenoxy) is 2. The maximum atomic E-state index is 13.7. The van der Waals surface area contributed by atoms with Crippen molar-refractivity contribution < 1.29 is 24.5 Å². The predicted octanol–water partition coefficient (Wildman–Crippen LogP) is 4.75. The molecule has 0 bridgehead atoms. The Morgan fingerprint density at radius 2 is 1.18 bits per heavy atom. The lowest BCUT2D eigenvalue weighted by molar-refractivity contribution is -0.124. The summed E-state index contributed by atoms with van der Waals surface area (Å²) in [5.74, 6) is 0.719. The fourth-order valence-electron chi connectivity index (χ4n) is 4.06. The van der Waals surface area contributed by atoms with Gasteiger partial charge < -0.3 is 19.7 Å². The monoisotopic (exact) mass is 422 g/mol. The fourth-order valence-corrected chi connectivity index (χ4v) is 4.48. The molecule has 2 aromatic carbocycles. The molecule has 0 unspecified atom stereocenters. The zero-order valence-electron chi connectivity index (χ0n) is 15.5. The van der Waals surface area contributed by atoms with Gasteiger partial charge in [-0.3, -0.25) is 4.79 Å². The molecule has 2 N–H and O–H groups in total. The Balaban J connectivity index is 1.81. The molecule has 2 aromatic rings. The van der Waals surface area contributed by atoms with Crippen LogP contribution in [0.15, 0.2) is 24.3 Å². The summed E-state index contributed by atoms with van der Waals surface area (Å²) in [4.78, 5) is 13.7. The average Bonchev–Trinajstić information content (AvgIpc) is 3.60. The molecule has 5 nitrogen and oxygen atoms in total. The Hall–Kier alpha value is -2.11. The van der Waals surface area contributed by atoms with Gasteiger partial charge in [0.2, 0.25) is 0 Å². The van der Waals surface area contributed by atoms with Crippen LogP contribution in [-0.2, 0) is 15.6 Å². The molecule has 0 radical (unpaired) electrons. The first-order chi connectivity index (χ1) is 13.3. The molecule has 28 heavy (non-hydrogen) atoms.